The molecule has 0 radical (unpaired) electrons. The number of benzene rings is 1. The molecule has 6 rings (SSSR count). The van der Waals surface area contributed by atoms with Gasteiger partial charge in [0.15, 0.2) is 0 Å². The van der Waals surface area contributed by atoms with E-state index in [4.69, 9.17) is 9.47 Å². The summed E-state index contributed by atoms with van der Waals surface area (Å²) in [5, 5.41) is 0.913. The number of carbonyl (C=O) groups is 1. The fraction of sp³-hybridized carbons (Fsp3) is 0.308. The molecule has 1 amide bonds. The van der Waals surface area contributed by atoms with Gasteiger partial charge in [0.25, 0.3) is 0 Å². The molecule has 1 unspecified atom stereocenters. The lowest BCUT2D eigenvalue weighted by Crippen LogP contribution is -2.49. The van der Waals surface area contributed by atoms with Gasteiger partial charge < -0.3 is 19.4 Å². The number of H-pyrrole nitrogens is 1. The lowest BCUT2D eigenvalue weighted by molar-refractivity contribution is 0.106. The molecule has 3 aromatic heterocycles. The highest BCUT2D eigenvalue weighted by molar-refractivity contribution is 5.93. The standard InChI is InChI=1S/C26H26N6O4/c1-35-24-7-5-20-25(29-24)22(8-9-27-20)31-12-10-30(11-13-31)15-19-16-32(26(34)36-19)18-4-2-17-3-6-23(33)28-21(17)14-18/h2-9,14,19H,10-13,15-16H2,1H3,(H,28,33). The average molecular weight is 487 g/mol. The van der Waals surface area contributed by atoms with Gasteiger partial charge in [-0.15, -0.1) is 0 Å². The van der Waals surface area contributed by atoms with Gasteiger partial charge >= 0.3 is 6.09 Å². The number of anilines is 2. The SMILES string of the molecule is COc1ccc2nccc(N3CCN(CC4CN(c5ccc6ccc(=O)[nH]c6c5)C(=O)O4)CC3)c2n1. The molecular weight excluding hydrogens is 460 g/mol. The summed E-state index contributed by atoms with van der Waals surface area (Å²) in [6.07, 6.45) is 1.23. The Morgan fingerprint density at radius 2 is 1.89 bits per heavy atom. The van der Waals surface area contributed by atoms with Crippen molar-refractivity contribution in [3.8, 4) is 5.88 Å². The average Bonchev–Trinajstić information content (AvgIpc) is 3.27. The number of nitrogens with zero attached hydrogens (tertiary/aromatic N) is 5. The second-order valence-electron chi connectivity index (χ2n) is 9.05. The molecule has 1 aromatic carbocycles. The summed E-state index contributed by atoms with van der Waals surface area (Å²) < 4.78 is 11.0. The minimum absolute atomic E-state index is 0.171. The maximum atomic E-state index is 12.6. The summed E-state index contributed by atoms with van der Waals surface area (Å²) in [5.74, 6) is 0.570. The van der Waals surface area contributed by atoms with Gasteiger partial charge in [-0.2, -0.15) is 0 Å². The minimum atomic E-state index is -0.362. The Labute approximate surface area is 207 Å². The van der Waals surface area contributed by atoms with Crippen LogP contribution < -0.4 is 20.1 Å². The molecule has 1 atom stereocenters. The Kier molecular flexibility index (Phi) is 5.65. The smallest absolute Gasteiger partial charge is 0.414 e. The van der Waals surface area contributed by atoms with E-state index in [-0.39, 0.29) is 17.8 Å². The quantitative estimate of drug-likeness (QED) is 0.459. The number of amides is 1. The number of piperazine rings is 1. The van der Waals surface area contributed by atoms with Crippen LogP contribution in [0.25, 0.3) is 21.9 Å². The molecule has 36 heavy (non-hydrogen) atoms. The number of methoxy groups -OCH3 is 1. The van der Waals surface area contributed by atoms with Crippen LogP contribution in [0.5, 0.6) is 5.88 Å². The molecule has 0 aliphatic carbocycles. The Bertz CT molecular complexity index is 1500. The first-order valence-electron chi connectivity index (χ1n) is 12.0. The third-order valence-corrected chi connectivity index (χ3v) is 6.82. The van der Waals surface area contributed by atoms with Crippen LogP contribution in [0.1, 0.15) is 0 Å². The number of cyclic esters (lactones) is 1. The first kappa shape index (κ1) is 22.3. The van der Waals surface area contributed by atoms with E-state index in [0.717, 1.165) is 48.3 Å². The van der Waals surface area contributed by atoms with E-state index < -0.39 is 0 Å². The van der Waals surface area contributed by atoms with Crippen LogP contribution in [0.3, 0.4) is 0 Å². The van der Waals surface area contributed by atoms with E-state index in [9.17, 15) is 9.59 Å². The van der Waals surface area contributed by atoms with E-state index in [1.165, 1.54) is 6.07 Å². The molecule has 2 aliphatic rings. The predicted octanol–water partition coefficient (Wildman–Crippen LogP) is 2.63. The highest BCUT2D eigenvalue weighted by atomic mass is 16.6. The number of hydrogen-bond acceptors (Lipinski definition) is 8. The van der Waals surface area contributed by atoms with Crippen LogP contribution in [0, 0.1) is 0 Å². The van der Waals surface area contributed by atoms with Crippen LogP contribution in [0.15, 0.2) is 59.5 Å². The molecule has 184 valence electrons. The number of rotatable bonds is 5. The maximum Gasteiger partial charge on any atom is 0.414 e. The first-order chi connectivity index (χ1) is 17.6. The van der Waals surface area contributed by atoms with Gasteiger partial charge in [-0.25, -0.2) is 9.78 Å². The zero-order valence-corrected chi connectivity index (χ0v) is 19.9. The summed E-state index contributed by atoms with van der Waals surface area (Å²) in [6.45, 7) is 4.50. The van der Waals surface area contributed by atoms with Gasteiger partial charge in [-0.3, -0.25) is 19.6 Å². The minimum Gasteiger partial charge on any atom is -0.481 e. The van der Waals surface area contributed by atoms with Crippen molar-refractivity contribution in [1.29, 1.82) is 0 Å². The second kappa shape index (κ2) is 9.12. The monoisotopic (exact) mass is 486 g/mol. The molecular formula is C26H26N6O4. The zero-order chi connectivity index (χ0) is 24.6. The van der Waals surface area contributed by atoms with Gasteiger partial charge in [0.2, 0.25) is 11.4 Å². The third kappa shape index (κ3) is 4.20. The van der Waals surface area contributed by atoms with E-state index in [1.807, 2.05) is 42.6 Å². The molecule has 1 N–H and O–H groups in total. The lowest BCUT2D eigenvalue weighted by Gasteiger charge is -2.36. The van der Waals surface area contributed by atoms with Crippen molar-refractivity contribution in [3.05, 3.63) is 65.1 Å². The number of fused-ring (bicyclic) bond motifs is 2. The van der Waals surface area contributed by atoms with E-state index in [0.29, 0.717) is 30.2 Å². The number of ether oxygens (including phenoxy) is 2. The zero-order valence-electron chi connectivity index (χ0n) is 19.9. The van der Waals surface area contributed by atoms with Gasteiger partial charge in [0.05, 0.1) is 30.4 Å². The lowest BCUT2D eigenvalue weighted by atomic mass is 10.2. The molecule has 0 spiro atoms. The van der Waals surface area contributed by atoms with Gasteiger partial charge in [-0.05, 0) is 35.7 Å². The van der Waals surface area contributed by atoms with E-state index in [2.05, 4.69) is 24.8 Å². The van der Waals surface area contributed by atoms with Crippen LogP contribution in [0.4, 0.5) is 16.2 Å². The van der Waals surface area contributed by atoms with Gasteiger partial charge in [-0.1, -0.05) is 6.07 Å². The van der Waals surface area contributed by atoms with Crippen molar-refractivity contribution in [3.63, 3.8) is 0 Å². The number of aromatic nitrogens is 3. The van der Waals surface area contributed by atoms with E-state index >= 15 is 0 Å². The summed E-state index contributed by atoms with van der Waals surface area (Å²) in [4.78, 5) is 42.4. The molecule has 5 heterocycles. The summed E-state index contributed by atoms with van der Waals surface area (Å²) in [5.41, 5.74) is 3.97. The molecule has 10 nitrogen and oxygen atoms in total. The van der Waals surface area contributed by atoms with Crippen LogP contribution in [-0.4, -0.2) is 78.4 Å². The highest BCUT2D eigenvalue weighted by Gasteiger charge is 2.34. The number of hydrogen-bond donors (Lipinski definition) is 1. The fourth-order valence-corrected chi connectivity index (χ4v) is 4.95. The fourth-order valence-electron chi connectivity index (χ4n) is 4.95. The van der Waals surface area contributed by atoms with Crippen molar-refractivity contribution >= 4 is 39.4 Å². The molecule has 0 saturated carbocycles. The number of pyridine rings is 3. The van der Waals surface area contributed by atoms with Crippen molar-refractivity contribution < 1.29 is 14.3 Å². The highest BCUT2D eigenvalue weighted by Crippen LogP contribution is 2.28. The Hall–Kier alpha value is -4.18. The Morgan fingerprint density at radius 3 is 2.72 bits per heavy atom. The predicted molar refractivity (Wildman–Crippen MR) is 137 cm³/mol. The Morgan fingerprint density at radius 1 is 1.06 bits per heavy atom. The summed E-state index contributed by atoms with van der Waals surface area (Å²) in [7, 11) is 1.61. The van der Waals surface area contributed by atoms with Gasteiger partial charge in [0.1, 0.15) is 11.6 Å². The number of aromatic amines is 1. The summed E-state index contributed by atoms with van der Waals surface area (Å²) in [6, 6.07) is 14.6. The van der Waals surface area contributed by atoms with Crippen molar-refractivity contribution in [2.75, 3.05) is 56.2 Å². The first-order valence-corrected chi connectivity index (χ1v) is 12.0. The maximum absolute atomic E-state index is 12.6. The van der Waals surface area contributed by atoms with Crippen LogP contribution in [0.2, 0.25) is 0 Å². The van der Waals surface area contributed by atoms with Gasteiger partial charge in [0, 0.05) is 56.7 Å². The molecule has 2 aliphatic heterocycles. The van der Waals surface area contributed by atoms with Crippen molar-refractivity contribution in [2.24, 2.45) is 0 Å². The molecule has 10 heteroatoms. The van der Waals surface area contributed by atoms with E-state index in [1.54, 1.807) is 18.1 Å². The van der Waals surface area contributed by atoms with Crippen molar-refractivity contribution in [1.82, 2.24) is 19.9 Å². The molecule has 4 aromatic rings. The van der Waals surface area contributed by atoms with Crippen LogP contribution in [-0.2, 0) is 4.74 Å². The topological polar surface area (TPSA) is 104 Å². The normalized spacial score (nSPS) is 18.7. The molecule has 2 saturated heterocycles. The Balaban J connectivity index is 1.10. The van der Waals surface area contributed by atoms with Crippen LogP contribution >= 0.6 is 0 Å². The molecule has 2 fully saturated rings. The number of carbonyl (C=O) groups excluding carboxylic acids is 1. The molecule has 0 bridgehead atoms. The van der Waals surface area contributed by atoms with Crippen molar-refractivity contribution in [2.45, 2.75) is 6.10 Å². The second-order valence-corrected chi connectivity index (χ2v) is 9.05. The number of nitrogens with one attached hydrogen (secondary N) is 1. The summed E-state index contributed by atoms with van der Waals surface area (Å²) >= 11 is 0. The third-order valence-electron chi connectivity index (χ3n) is 6.82. The largest absolute Gasteiger partial charge is 0.481 e.